The Morgan fingerprint density at radius 3 is 1.91 bits per heavy atom. The molecular weight excluding hydrogens is 308 g/mol. The van der Waals surface area contributed by atoms with E-state index in [1.54, 1.807) is 0 Å². The van der Waals surface area contributed by atoms with Crippen molar-refractivity contribution in [1.82, 2.24) is 10.0 Å². The Balaban J connectivity index is 2.06. The number of nitrogens with zero attached hydrogens (tertiary/aromatic N) is 2. The third-order valence-electron chi connectivity index (χ3n) is 3.72. The number of hydrazine groups is 1. The average molecular weight is 332 g/mol. The van der Waals surface area contributed by atoms with Crippen LogP contribution >= 0.6 is 0 Å². The van der Waals surface area contributed by atoms with Crippen molar-refractivity contribution in [1.29, 1.82) is 0 Å². The summed E-state index contributed by atoms with van der Waals surface area (Å²) in [4.78, 5) is 0. The predicted octanol–water partition coefficient (Wildman–Crippen LogP) is 3.52. The molecule has 0 radical (unpaired) electrons. The third kappa shape index (κ3) is 4.90. The fraction of sp³-hybridized carbons (Fsp3) is 0.316. The maximum atomic E-state index is 3.30. The van der Waals surface area contributed by atoms with Gasteiger partial charge in [-0.15, -0.1) is 0 Å². The Hall–Kier alpha value is -1.24. The van der Waals surface area contributed by atoms with Gasteiger partial charge in [-0.05, 0) is 0 Å². The molecular formula is C19H24CrN2. The van der Waals surface area contributed by atoms with Gasteiger partial charge in [-0.1, -0.05) is 0 Å². The van der Waals surface area contributed by atoms with E-state index in [1.165, 1.54) is 15.6 Å². The quantitative estimate of drug-likeness (QED) is 0.716. The molecule has 2 aromatic rings. The van der Waals surface area contributed by atoms with Gasteiger partial charge in [0.05, 0.1) is 0 Å². The minimum absolute atomic E-state index is 0.452. The molecule has 2 nitrogen and oxygen atoms in total. The fourth-order valence-corrected chi connectivity index (χ4v) is 2.97. The Morgan fingerprint density at radius 2 is 1.41 bits per heavy atom. The second-order valence-electron chi connectivity index (χ2n) is 5.82. The molecule has 0 amide bonds. The second kappa shape index (κ2) is 8.41. The van der Waals surface area contributed by atoms with Gasteiger partial charge in [0.25, 0.3) is 0 Å². The van der Waals surface area contributed by atoms with Crippen molar-refractivity contribution < 1.29 is 15.9 Å². The van der Waals surface area contributed by atoms with Gasteiger partial charge in [-0.3, -0.25) is 0 Å². The summed E-state index contributed by atoms with van der Waals surface area (Å²) in [7, 11) is 4.19. The molecule has 0 saturated heterocycles. The first-order chi connectivity index (χ1) is 10.6. The molecule has 2 aromatic carbocycles. The van der Waals surface area contributed by atoms with E-state index in [9.17, 15) is 0 Å². The molecule has 0 aliphatic heterocycles. The van der Waals surface area contributed by atoms with E-state index in [-0.39, 0.29) is 0 Å². The van der Waals surface area contributed by atoms with Crippen LogP contribution in [0.2, 0.25) is 0 Å². The summed E-state index contributed by atoms with van der Waals surface area (Å²) in [6, 6.07) is 21.3. The first-order valence-corrected chi connectivity index (χ1v) is 8.28. The van der Waals surface area contributed by atoms with Crippen molar-refractivity contribution in [2.75, 3.05) is 14.1 Å². The molecule has 0 aliphatic rings. The molecule has 0 heterocycles. The van der Waals surface area contributed by atoms with E-state index in [1.807, 2.05) is 0 Å². The van der Waals surface area contributed by atoms with E-state index in [0.29, 0.717) is 5.92 Å². The summed E-state index contributed by atoms with van der Waals surface area (Å²) in [5.41, 5.74) is 2.69. The molecule has 22 heavy (non-hydrogen) atoms. The van der Waals surface area contributed by atoms with Crippen molar-refractivity contribution in [2.45, 2.75) is 19.9 Å². The van der Waals surface area contributed by atoms with Crippen LogP contribution in [0.25, 0.3) is 0 Å². The van der Waals surface area contributed by atoms with E-state index in [2.05, 4.69) is 108 Å². The van der Waals surface area contributed by atoms with E-state index in [4.69, 9.17) is 0 Å². The Kier molecular flexibility index (Phi) is 6.54. The van der Waals surface area contributed by atoms with Gasteiger partial charge in [0, 0.05) is 0 Å². The molecule has 116 valence electrons. The van der Waals surface area contributed by atoms with Crippen molar-refractivity contribution >= 4 is 4.50 Å². The number of benzene rings is 2. The summed E-state index contributed by atoms with van der Waals surface area (Å²) in [6.07, 6.45) is 1.04. The van der Waals surface area contributed by atoms with Gasteiger partial charge < -0.3 is 0 Å². The standard InChI is InChI=1S/C19H24N2.Cr/c1-17(14-18-10-6-4-7-11-18)15-21(20(2)3)16-19-12-8-5-9-13-19;/h4-13,17H,14,16H2,1-3H3;. The first kappa shape index (κ1) is 17.1. The van der Waals surface area contributed by atoms with Crippen LogP contribution in [0.3, 0.4) is 0 Å². The van der Waals surface area contributed by atoms with Gasteiger partial charge in [0.2, 0.25) is 0 Å². The minimum atomic E-state index is 0.452. The molecule has 2 rings (SSSR count). The van der Waals surface area contributed by atoms with E-state index in [0.717, 1.165) is 13.0 Å². The molecule has 0 fully saturated rings. The van der Waals surface area contributed by atoms with Crippen molar-refractivity contribution in [3.63, 3.8) is 0 Å². The summed E-state index contributed by atoms with van der Waals surface area (Å²) in [5, 5.41) is 4.46. The molecule has 0 aliphatic carbocycles. The molecule has 0 spiro atoms. The molecule has 1 unspecified atom stereocenters. The topological polar surface area (TPSA) is 6.48 Å². The second-order valence-corrected chi connectivity index (χ2v) is 6.47. The fourth-order valence-electron chi connectivity index (χ4n) is 2.48. The third-order valence-corrected chi connectivity index (χ3v) is 4.68. The van der Waals surface area contributed by atoms with Crippen molar-refractivity contribution in [3.05, 3.63) is 71.8 Å². The first-order valence-electron chi connectivity index (χ1n) is 7.64. The van der Waals surface area contributed by atoms with Crippen LogP contribution < -0.4 is 0 Å². The van der Waals surface area contributed by atoms with Crippen LogP contribution in [0.4, 0.5) is 0 Å². The van der Waals surface area contributed by atoms with Gasteiger partial charge in [-0.25, -0.2) is 0 Å². The molecule has 3 heteroatoms. The van der Waals surface area contributed by atoms with Crippen molar-refractivity contribution in [2.24, 2.45) is 5.92 Å². The van der Waals surface area contributed by atoms with Gasteiger partial charge in [0.1, 0.15) is 0 Å². The monoisotopic (exact) mass is 332 g/mol. The normalized spacial score (nSPS) is 12.6. The number of hydrogen-bond acceptors (Lipinski definition) is 2. The average Bonchev–Trinajstić information content (AvgIpc) is 2.53. The van der Waals surface area contributed by atoms with Gasteiger partial charge >= 0.3 is 142 Å². The summed E-state index contributed by atoms with van der Waals surface area (Å²) < 4.78 is 1.28. The molecule has 0 aromatic heterocycles. The molecule has 0 bridgehead atoms. The molecule has 1 atom stereocenters. The predicted molar refractivity (Wildman–Crippen MR) is 90.0 cm³/mol. The SMILES string of the molecule is CC(Cc1ccccc1)[C](=[Cr])N(Cc1ccccc1)N(C)C. The van der Waals surface area contributed by atoms with Crippen LogP contribution in [0, 0.1) is 5.92 Å². The zero-order valence-electron chi connectivity index (χ0n) is 13.6. The zero-order chi connectivity index (χ0) is 15.9. The van der Waals surface area contributed by atoms with Crippen molar-refractivity contribution in [3.8, 4) is 0 Å². The van der Waals surface area contributed by atoms with Crippen LogP contribution in [0.15, 0.2) is 60.7 Å². The van der Waals surface area contributed by atoms with Crippen LogP contribution in [-0.2, 0) is 28.8 Å². The summed E-state index contributed by atoms with van der Waals surface area (Å²) in [6.45, 7) is 3.16. The Bertz CT molecular complexity index is 581. The van der Waals surface area contributed by atoms with E-state index < -0.39 is 0 Å². The van der Waals surface area contributed by atoms with Crippen LogP contribution in [0.5, 0.6) is 0 Å². The van der Waals surface area contributed by atoms with Gasteiger partial charge in [0.15, 0.2) is 0 Å². The summed E-state index contributed by atoms with van der Waals surface area (Å²) in [5.74, 6) is 0.452. The zero-order valence-corrected chi connectivity index (χ0v) is 14.8. The van der Waals surface area contributed by atoms with E-state index >= 15 is 0 Å². The van der Waals surface area contributed by atoms with Crippen LogP contribution in [0.1, 0.15) is 18.1 Å². The number of rotatable bonds is 7. The summed E-state index contributed by atoms with van der Waals surface area (Å²) >= 11 is 3.30. The molecule has 0 N–H and O–H groups in total. The molecule has 0 saturated carbocycles. The van der Waals surface area contributed by atoms with Crippen LogP contribution in [-0.4, -0.2) is 28.6 Å². The maximum absolute atomic E-state index is 3.30. The number of hydrogen-bond donors (Lipinski definition) is 0. The Morgan fingerprint density at radius 1 is 0.909 bits per heavy atom. The van der Waals surface area contributed by atoms with Gasteiger partial charge in [-0.2, -0.15) is 0 Å². The Labute approximate surface area is 142 Å².